The van der Waals surface area contributed by atoms with E-state index < -0.39 is 0 Å². The van der Waals surface area contributed by atoms with Crippen LogP contribution in [0.2, 0.25) is 0 Å². The smallest absolute Gasteiger partial charge is 0.228 e. The summed E-state index contributed by atoms with van der Waals surface area (Å²) in [5.74, 6) is 3.79. The van der Waals surface area contributed by atoms with Gasteiger partial charge in [0.1, 0.15) is 23.2 Å². The number of fused-ring (bicyclic) bond motifs is 1. The van der Waals surface area contributed by atoms with E-state index in [0.717, 1.165) is 72.5 Å². The number of nitrogens with zero attached hydrogens (tertiary/aromatic N) is 5. The lowest BCUT2D eigenvalue weighted by molar-refractivity contribution is -0.119. The molecule has 0 saturated carbocycles. The Morgan fingerprint density at radius 2 is 2.00 bits per heavy atom. The van der Waals surface area contributed by atoms with Gasteiger partial charge in [0.15, 0.2) is 0 Å². The van der Waals surface area contributed by atoms with E-state index in [2.05, 4.69) is 21.8 Å². The van der Waals surface area contributed by atoms with Crippen LogP contribution >= 0.6 is 0 Å². The molecular weight excluding hydrogens is 416 g/mol. The monoisotopic (exact) mass is 446 g/mol. The first-order valence-corrected chi connectivity index (χ1v) is 11.6. The Morgan fingerprint density at radius 1 is 1.15 bits per heavy atom. The highest BCUT2D eigenvalue weighted by Gasteiger charge is 2.31. The Balaban J connectivity index is 1.40. The van der Waals surface area contributed by atoms with E-state index >= 15 is 0 Å². The van der Waals surface area contributed by atoms with Crippen LogP contribution in [0.5, 0.6) is 5.75 Å². The minimum atomic E-state index is 0.116. The number of anilines is 1. The molecule has 0 spiro atoms. The number of hydrogen-bond donors (Lipinski definition) is 1. The highest BCUT2D eigenvalue weighted by molar-refractivity contribution is 5.95. The molecule has 1 amide bonds. The number of imidazole rings is 1. The van der Waals surface area contributed by atoms with E-state index in [9.17, 15) is 4.79 Å². The number of amides is 1. The summed E-state index contributed by atoms with van der Waals surface area (Å²) in [7, 11) is 1.65. The standard InChI is InChI=1S/C25H30N6O2/c1-17-21-9-10-23(32)31(14-18-5-7-20(33-2)8-6-18)25(21)29-24(28-17)19-4-3-13-30(15-19)16-22-26-11-12-27-22/h5-8,11-12,19H,3-4,9-10,13-16H2,1-2H3,(H,26,27)/t19-/m1/s1. The fourth-order valence-electron chi connectivity index (χ4n) is 4.87. The summed E-state index contributed by atoms with van der Waals surface area (Å²) in [6.45, 7) is 5.29. The van der Waals surface area contributed by atoms with E-state index in [0.29, 0.717) is 19.4 Å². The minimum absolute atomic E-state index is 0.116. The molecule has 3 aromatic rings. The Bertz CT molecular complexity index is 1110. The predicted octanol–water partition coefficient (Wildman–Crippen LogP) is 3.38. The lowest BCUT2D eigenvalue weighted by Crippen LogP contribution is -2.38. The molecule has 1 saturated heterocycles. The van der Waals surface area contributed by atoms with Crippen molar-refractivity contribution in [2.45, 2.75) is 51.6 Å². The molecule has 8 nitrogen and oxygen atoms in total. The van der Waals surface area contributed by atoms with Crippen LogP contribution in [0.4, 0.5) is 5.82 Å². The number of H-pyrrole nitrogens is 1. The lowest BCUT2D eigenvalue weighted by Gasteiger charge is -2.33. The van der Waals surface area contributed by atoms with Crippen molar-refractivity contribution in [3.8, 4) is 5.75 Å². The maximum atomic E-state index is 12.9. The number of aromatic amines is 1. The van der Waals surface area contributed by atoms with Gasteiger partial charge in [-0.1, -0.05) is 12.1 Å². The Labute approximate surface area is 194 Å². The molecule has 2 aromatic heterocycles. The molecule has 0 radical (unpaired) electrons. The van der Waals surface area contributed by atoms with Crippen molar-refractivity contribution >= 4 is 11.7 Å². The summed E-state index contributed by atoms with van der Waals surface area (Å²) in [6.07, 6.45) is 7.00. The summed E-state index contributed by atoms with van der Waals surface area (Å²) >= 11 is 0. The van der Waals surface area contributed by atoms with Gasteiger partial charge in [-0.15, -0.1) is 0 Å². The fraction of sp³-hybridized carbons (Fsp3) is 0.440. The first-order chi connectivity index (χ1) is 16.1. The van der Waals surface area contributed by atoms with Crippen LogP contribution in [0.3, 0.4) is 0 Å². The summed E-state index contributed by atoms with van der Waals surface area (Å²) in [4.78, 5) is 34.7. The minimum Gasteiger partial charge on any atom is -0.497 e. The SMILES string of the molecule is COc1ccc(CN2C(=O)CCc3c(C)nc([C@@H]4CCCN(Cc5ncc[nH]5)C4)nc32)cc1. The van der Waals surface area contributed by atoms with Crippen LogP contribution in [0.1, 0.15) is 53.7 Å². The van der Waals surface area contributed by atoms with Crippen LogP contribution < -0.4 is 9.64 Å². The number of ether oxygens (including phenoxy) is 1. The largest absolute Gasteiger partial charge is 0.497 e. The number of benzene rings is 1. The van der Waals surface area contributed by atoms with Gasteiger partial charge in [-0.05, 0) is 50.4 Å². The van der Waals surface area contributed by atoms with Gasteiger partial charge in [-0.25, -0.2) is 15.0 Å². The quantitative estimate of drug-likeness (QED) is 0.625. The highest BCUT2D eigenvalue weighted by Crippen LogP contribution is 2.33. The molecule has 1 fully saturated rings. The molecule has 2 aliphatic heterocycles. The van der Waals surface area contributed by atoms with Gasteiger partial charge >= 0.3 is 0 Å². The van der Waals surface area contributed by atoms with E-state index in [-0.39, 0.29) is 11.8 Å². The molecule has 0 bridgehead atoms. The van der Waals surface area contributed by atoms with Crippen molar-refractivity contribution in [2.75, 3.05) is 25.1 Å². The van der Waals surface area contributed by atoms with Gasteiger partial charge in [-0.2, -0.15) is 0 Å². The van der Waals surface area contributed by atoms with Crippen LogP contribution in [-0.2, 0) is 24.3 Å². The number of carbonyl (C=O) groups is 1. The Morgan fingerprint density at radius 3 is 2.76 bits per heavy atom. The summed E-state index contributed by atoms with van der Waals surface area (Å²) in [5, 5.41) is 0. The van der Waals surface area contributed by atoms with Crippen LogP contribution in [-0.4, -0.2) is 50.9 Å². The second-order valence-electron chi connectivity index (χ2n) is 8.91. The van der Waals surface area contributed by atoms with Gasteiger partial charge in [0.05, 0.1) is 20.2 Å². The number of piperidine rings is 1. The molecule has 5 rings (SSSR count). The van der Waals surface area contributed by atoms with E-state index in [4.69, 9.17) is 14.7 Å². The molecule has 33 heavy (non-hydrogen) atoms. The number of methoxy groups -OCH3 is 1. The molecule has 1 N–H and O–H groups in total. The summed E-state index contributed by atoms with van der Waals surface area (Å²) < 4.78 is 5.27. The van der Waals surface area contributed by atoms with Crippen LogP contribution in [0, 0.1) is 6.92 Å². The molecule has 8 heteroatoms. The van der Waals surface area contributed by atoms with Crippen molar-refractivity contribution in [1.29, 1.82) is 0 Å². The van der Waals surface area contributed by atoms with Crippen molar-refractivity contribution in [2.24, 2.45) is 0 Å². The number of hydrogen-bond acceptors (Lipinski definition) is 6. The van der Waals surface area contributed by atoms with Gasteiger partial charge < -0.3 is 9.72 Å². The molecule has 1 aromatic carbocycles. The molecular formula is C25H30N6O2. The number of aryl methyl sites for hydroxylation is 1. The predicted molar refractivity (Wildman–Crippen MR) is 125 cm³/mol. The molecule has 172 valence electrons. The lowest BCUT2D eigenvalue weighted by atomic mass is 9.96. The number of rotatable bonds is 6. The normalized spacial score (nSPS) is 18.9. The third-order valence-corrected chi connectivity index (χ3v) is 6.65. The number of nitrogens with one attached hydrogen (secondary N) is 1. The molecule has 1 atom stereocenters. The first kappa shape index (κ1) is 21.6. The Hall–Kier alpha value is -3.26. The number of aromatic nitrogens is 4. The third-order valence-electron chi connectivity index (χ3n) is 6.65. The van der Waals surface area contributed by atoms with Gasteiger partial charge in [-0.3, -0.25) is 14.6 Å². The zero-order chi connectivity index (χ0) is 22.8. The van der Waals surface area contributed by atoms with Crippen molar-refractivity contribution < 1.29 is 9.53 Å². The average molecular weight is 447 g/mol. The molecule has 2 aliphatic rings. The fourth-order valence-corrected chi connectivity index (χ4v) is 4.87. The number of likely N-dealkylation sites (tertiary alicyclic amines) is 1. The van der Waals surface area contributed by atoms with E-state index in [1.807, 2.05) is 35.4 Å². The maximum Gasteiger partial charge on any atom is 0.228 e. The van der Waals surface area contributed by atoms with Gasteiger partial charge in [0.2, 0.25) is 5.91 Å². The summed E-state index contributed by atoms with van der Waals surface area (Å²) in [6, 6.07) is 7.86. The number of carbonyl (C=O) groups excluding carboxylic acids is 1. The molecule has 0 aliphatic carbocycles. The zero-order valence-electron chi connectivity index (χ0n) is 19.3. The van der Waals surface area contributed by atoms with Crippen molar-refractivity contribution in [3.63, 3.8) is 0 Å². The third kappa shape index (κ3) is 4.61. The first-order valence-electron chi connectivity index (χ1n) is 11.6. The second-order valence-corrected chi connectivity index (χ2v) is 8.91. The highest BCUT2D eigenvalue weighted by atomic mass is 16.5. The van der Waals surface area contributed by atoms with Crippen molar-refractivity contribution in [3.05, 3.63) is 65.1 Å². The zero-order valence-corrected chi connectivity index (χ0v) is 19.3. The van der Waals surface area contributed by atoms with Crippen molar-refractivity contribution in [1.82, 2.24) is 24.8 Å². The van der Waals surface area contributed by atoms with Gasteiger partial charge in [0, 0.05) is 42.5 Å². The second kappa shape index (κ2) is 9.31. The van der Waals surface area contributed by atoms with Crippen LogP contribution in [0.15, 0.2) is 36.7 Å². The average Bonchev–Trinajstić information content (AvgIpc) is 3.34. The molecule has 0 unspecified atom stereocenters. The maximum absolute atomic E-state index is 12.9. The summed E-state index contributed by atoms with van der Waals surface area (Å²) in [5.41, 5.74) is 3.14. The topological polar surface area (TPSA) is 87.2 Å². The Kier molecular flexibility index (Phi) is 6.09. The van der Waals surface area contributed by atoms with E-state index in [1.54, 1.807) is 13.3 Å². The molecule has 4 heterocycles. The van der Waals surface area contributed by atoms with Crippen LogP contribution in [0.25, 0.3) is 0 Å². The van der Waals surface area contributed by atoms with E-state index in [1.165, 1.54) is 0 Å². The van der Waals surface area contributed by atoms with Gasteiger partial charge in [0.25, 0.3) is 0 Å².